The summed E-state index contributed by atoms with van der Waals surface area (Å²) in [6.45, 7) is 4.37. The molecule has 0 atom stereocenters. The van der Waals surface area contributed by atoms with Crippen LogP contribution in [0.15, 0.2) is 18.3 Å². The van der Waals surface area contributed by atoms with Crippen molar-refractivity contribution in [3.05, 3.63) is 24.0 Å². The summed E-state index contributed by atoms with van der Waals surface area (Å²) in [7, 11) is 2.03. The van der Waals surface area contributed by atoms with E-state index in [0.29, 0.717) is 0 Å². The lowest BCUT2D eigenvalue weighted by Crippen LogP contribution is -2.21. The predicted octanol–water partition coefficient (Wildman–Crippen LogP) is 1.59. The van der Waals surface area contributed by atoms with Gasteiger partial charge in [-0.15, -0.1) is 0 Å². The molecule has 0 aliphatic rings. The van der Waals surface area contributed by atoms with Crippen LogP contribution in [0.25, 0.3) is 0 Å². The zero-order valence-electron chi connectivity index (χ0n) is 8.04. The molecule has 0 saturated heterocycles. The molecule has 0 aliphatic carbocycles. The summed E-state index contributed by atoms with van der Waals surface area (Å²) in [6, 6.07) is 4.13. The second-order valence-electron chi connectivity index (χ2n) is 4.11. The first-order valence-electron chi connectivity index (χ1n) is 4.26. The third kappa shape index (κ3) is 2.11. The van der Waals surface area contributed by atoms with E-state index in [9.17, 15) is 0 Å². The SMILES string of the molecule is Cn1cccc1CC(C)(C)CO. The maximum atomic E-state index is 9.07. The van der Waals surface area contributed by atoms with E-state index < -0.39 is 0 Å². The highest BCUT2D eigenvalue weighted by Crippen LogP contribution is 2.20. The normalized spacial score (nSPS) is 12.0. The maximum Gasteiger partial charge on any atom is 0.0485 e. The first-order chi connectivity index (χ1) is 5.55. The zero-order chi connectivity index (χ0) is 9.19. The van der Waals surface area contributed by atoms with Gasteiger partial charge in [-0.3, -0.25) is 0 Å². The van der Waals surface area contributed by atoms with Crippen LogP contribution in [0, 0.1) is 5.41 Å². The van der Waals surface area contributed by atoms with Gasteiger partial charge in [0.25, 0.3) is 0 Å². The van der Waals surface area contributed by atoms with Gasteiger partial charge in [0.15, 0.2) is 0 Å². The summed E-state index contributed by atoms with van der Waals surface area (Å²) in [4.78, 5) is 0. The van der Waals surface area contributed by atoms with Gasteiger partial charge in [0.1, 0.15) is 0 Å². The number of hydrogen-bond acceptors (Lipinski definition) is 1. The van der Waals surface area contributed by atoms with E-state index in [-0.39, 0.29) is 12.0 Å². The molecule has 1 heterocycles. The van der Waals surface area contributed by atoms with Crippen molar-refractivity contribution >= 4 is 0 Å². The van der Waals surface area contributed by atoms with Crippen molar-refractivity contribution in [2.45, 2.75) is 20.3 Å². The van der Waals surface area contributed by atoms with E-state index >= 15 is 0 Å². The number of hydrogen-bond donors (Lipinski definition) is 1. The Morgan fingerprint density at radius 2 is 2.17 bits per heavy atom. The van der Waals surface area contributed by atoms with Crippen LogP contribution in [0.5, 0.6) is 0 Å². The number of nitrogens with zero attached hydrogens (tertiary/aromatic N) is 1. The van der Waals surface area contributed by atoms with Crippen LogP contribution in [-0.2, 0) is 13.5 Å². The lowest BCUT2D eigenvalue weighted by Gasteiger charge is -2.21. The molecule has 0 bridgehead atoms. The van der Waals surface area contributed by atoms with Crippen LogP contribution in [0.4, 0.5) is 0 Å². The minimum atomic E-state index is -0.00782. The van der Waals surface area contributed by atoms with Gasteiger partial charge in [0.05, 0.1) is 0 Å². The van der Waals surface area contributed by atoms with Crippen molar-refractivity contribution < 1.29 is 5.11 Å². The van der Waals surface area contributed by atoms with Crippen molar-refractivity contribution in [2.24, 2.45) is 12.5 Å². The van der Waals surface area contributed by atoms with E-state index in [1.807, 2.05) is 19.3 Å². The lowest BCUT2D eigenvalue weighted by molar-refractivity contribution is 0.158. The van der Waals surface area contributed by atoms with Crippen LogP contribution in [0.1, 0.15) is 19.5 Å². The van der Waals surface area contributed by atoms with E-state index in [1.54, 1.807) is 0 Å². The molecule has 1 aromatic heterocycles. The van der Waals surface area contributed by atoms with Gasteiger partial charge in [-0.1, -0.05) is 13.8 Å². The van der Waals surface area contributed by atoms with Crippen LogP contribution in [0.2, 0.25) is 0 Å². The first kappa shape index (κ1) is 9.33. The summed E-state index contributed by atoms with van der Waals surface area (Å²) >= 11 is 0. The lowest BCUT2D eigenvalue weighted by atomic mass is 9.89. The van der Waals surface area contributed by atoms with Gasteiger partial charge in [-0.2, -0.15) is 0 Å². The zero-order valence-corrected chi connectivity index (χ0v) is 8.04. The summed E-state index contributed by atoms with van der Waals surface area (Å²) < 4.78 is 2.09. The molecular weight excluding hydrogens is 150 g/mol. The van der Waals surface area contributed by atoms with E-state index in [4.69, 9.17) is 5.11 Å². The second-order valence-corrected chi connectivity index (χ2v) is 4.11. The summed E-state index contributed by atoms with van der Waals surface area (Å²) in [5.74, 6) is 0. The topological polar surface area (TPSA) is 25.2 Å². The van der Waals surface area contributed by atoms with Gasteiger partial charge in [0.2, 0.25) is 0 Å². The molecule has 2 heteroatoms. The van der Waals surface area contributed by atoms with Crippen LogP contribution < -0.4 is 0 Å². The molecule has 12 heavy (non-hydrogen) atoms. The molecule has 1 rings (SSSR count). The Balaban J connectivity index is 2.70. The van der Waals surface area contributed by atoms with Gasteiger partial charge in [-0.05, 0) is 24.0 Å². The third-order valence-corrected chi connectivity index (χ3v) is 2.14. The molecule has 68 valence electrons. The van der Waals surface area contributed by atoms with Gasteiger partial charge in [0, 0.05) is 25.5 Å². The summed E-state index contributed by atoms with van der Waals surface area (Å²) in [6.07, 6.45) is 2.95. The number of aromatic nitrogens is 1. The number of aliphatic hydroxyl groups excluding tert-OH is 1. The average Bonchev–Trinajstić information content (AvgIpc) is 2.36. The molecule has 2 nitrogen and oxygen atoms in total. The van der Waals surface area contributed by atoms with Crippen molar-refractivity contribution in [2.75, 3.05) is 6.61 Å². The maximum absolute atomic E-state index is 9.07. The van der Waals surface area contributed by atoms with E-state index in [0.717, 1.165) is 6.42 Å². The molecule has 0 saturated carbocycles. The quantitative estimate of drug-likeness (QED) is 0.726. The van der Waals surface area contributed by atoms with E-state index in [1.165, 1.54) is 5.69 Å². The highest BCUT2D eigenvalue weighted by atomic mass is 16.3. The standard InChI is InChI=1S/C10H17NO/c1-10(2,8-12)7-9-5-4-6-11(9)3/h4-6,12H,7-8H2,1-3H3. The van der Waals surface area contributed by atoms with E-state index in [2.05, 4.69) is 24.5 Å². The monoisotopic (exact) mass is 167 g/mol. The van der Waals surface area contributed by atoms with Crippen molar-refractivity contribution in [1.29, 1.82) is 0 Å². The molecule has 0 unspecified atom stereocenters. The molecule has 0 amide bonds. The summed E-state index contributed by atoms with van der Waals surface area (Å²) in [5, 5.41) is 9.07. The Kier molecular flexibility index (Phi) is 2.58. The Hall–Kier alpha value is -0.760. The van der Waals surface area contributed by atoms with Crippen molar-refractivity contribution in [3.8, 4) is 0 Å². The van der Waals surface area contributed by atoms with Crippen LogP contribution in [0.3, 0.4) is 0 Å². The fourth-order valence-corrected chi connectivity index (χ4v) is 1.23. The average molecular weight is 167 g/mol. The fourth-order valence-electron chi connectivity index (χ4n) is 1.23. The van der Waals surface area contributed by atoms with Gasteiger partial charge < -0.3 is 9.67 Å². The Labute approximate surface area is 73.8 Å². The molecule has 0 spiro atoms. The first-order valence-corrected chi connectivity index (χ1v) is 4.26. The number of rotatable bonds is 3. The molecular formula is C10H17NO. The molecule has 1 N–H and O–H groups in total. The largest absolute Gasteiger partial charge is 0.396 e. The van der Waals surface area contributed by atoms with Crippen LogP contribution >= 0.6 is 0 Å². The Bertz CT molecular complexity index is 250. The predicted molar refractivity (Wildman–Crippen MR) is 50.0 cm³/mol. The third-order valence-electron chi connectivity index (χ3n) is 2.14. The number of aryl methyl sites for hydroxylation is 1. The minimum Gasteiger partial charge on any atom is -0.396 e. The number of aliphatic hydroxyl groups is 1. The summed E-state index contributed by atoms with van der Waals surface area (Å²) in [5.41, 5.74) is 1.26. The molecule has 0 aliphatic heterocycles. The molecule has 0 aromatic carbocycles. The van der Waals surface area contributed by atoms with Gasteiger partial charge in [-0.25, -0.2) is 0 Å². The highest BCUT2D eigenvalue weighted by Gasteiger charge is 2.17. The van der Waals surface area contributed by atoms with Crippen molar-refractivity contribution in [1.82, 2.24) is 4.57 Å². The fraction of sp³-hybridized carbons (Fsp3) is 0.600. The van der Waals surface area contributed by atoms with Gasteiger partial charge >= 0.3 is 0 Å². The molecule has 0 fully saturated rings. The minimum absolute atomic E-state index is 0.00782. The molecule has 1 aromatic rings. The smallest absolute Gasteiger partial charge is 0.0485 e. The van der Waals surface area contributed by atoms with Crippen molar-refractivity contribution in [3.63, 3.8) is 0 Å². The Morgan fingerprint density at radius 3 is 2.58 bits per heavy atom. The highest BCUT2D eigenvalue weighted by molar-refractivity contribution is 5.08. The molecule has 0 radical (unpaired) electrons. The van der Waals surface area contributed by atoms with Crippen LogP contribution in [-0.4, -0.2) is 16.3 Å². The second kappa shape index (κ2) is 3.31. The Morgan fingerprint density at radius 1 is 1.50 bits per heavy atom.